The molecular weight excluding hydrogens is 378 g/mol. The Bertz CT molecular complexity index is 944. The van der Waals surface area contributed by atoms with Crippen molar-refractivity contribution in [1.82, 2.24) is 9.80 Å². The van der Waals surface area contributed by atoms with Gasteiger partial charge in [0.1, 0.15) is 11.4 Å². The van der Waals surface area contributed by atoms with Gasteiger partial charge in [0, 0.05) is 64.8 Å². The maximum absolute atomic E-state index is 12.3. The van der Waals surface area contributed by atoms with E-state index < -0.39 is 0 Å². The van der Waals surface area contributed by atoms with Crippen molar-refractivity contribution in [2.75, 3.05) is 56.0 Å². The lowest BCUT2D eigenvalue weighted by molar-refractivity contribution is 0.211. The second-order valence-corrected chi connectivity index (χ2v) is 8.30. The van der Waals surface area contributed by atoms with Crippen LogP contribution in [0.15, 0.2) is 39.9 Å². The molecule has 4 rings (SSSR count). The average Bonchev–Trinajstić information content (AvgIpc) is 2.79. The molecule has 0 aromatic heterocycles. The van der Waals surface area contributed by atoms with E-state index in [-0.39, 0.29) is 16.9 Å². The summed E-state index contributed by atoms with van der Waals surface area (Å²) < 4.78 is 0. The number of anilines is 2. The van der Waals surface area contributed by atoms with Crippen LogP contribution in [0, 0.1) is 11.3 Å². The summed E-state index contributed by atoms with van der Waals surface area (Å²) in [5.41, 5.74) is 1.69. The van der Waals surface area contributed by atoms with Gasteiger partial charge < -0.3 is 10.2 Å². The van der Waals surface area contributed by atoms with E-state index in [0.717, 1.165) is 65.2 Å². The van der Waals surface area contributed by atoms with Crippen LogP contribution in [0.1, 0.15) is 24.8 Å². The molecule has 0 radical (unpaired) electrons. The van der Waals surface area contributed by atoms with Gasteiger partial charge >= 0.3 is 0 Å². The second kappa shape index (κ2) is 9.41. The molecule has 0 atom stereocenters. The van der Waals surface area contributed by atoms with Crippen LogP contribution in [0.2, 0.25) is 0 Å². The van der Waals surface area contributed by atoms with E-state index in [0.29, 0.717) is 17.8 Å². The second-order valence-electron chi connectivity index (χ2n) is 8.30. The lowest BCUT2D eigenvalue weighted by Gasteiger charge is -2.38. The molecule has 7 nitrogen and oxygen atoms in total. The molecule has 2 fully saturated rings. The summed E-state index contributed by atoms with van der Waals surface area (Å²) in [4.78, 5) is 31.2. The number of benzene rings is 1. The summed E-state index contributed by atoms with van der Waals surface area (Å²) in [7, 11) is 0. The van der Waals surface area contributed by atoms with Crippen LogP contribution in [0.25, 0.3) is 0 Å². The summed E-state index contributed by atoms with van der Waals surface area (Å²) in [6.07, 6.45) is 2.45. The standard InChI is InChI=1S/C23H29N5O2/c24-9-4-10-26-13-15-28(16-14-26)21-20(22(29)23(21)30)25-19-7-11-27(12-8-19)17-18-5-2-1-3-6-18/h1-3,5-6,19,25H,4,7-8,10-17H2. The van der Waals surface area contributed by atoms with Crippen LogP contribution in [-0.2, 0) is 6.54 Å². The normalized spacial score (nSPS) is 19.1. The summed E-state index contributed by atoms with van der Waals surface area (Å²) >= 11 is 0. The topological polar surface area (TPSA) is 79.7 Å². The summed E-state index contributed by atoms with van der Waals surface area (Å²) in [5, 5.41) is 12.1. The summed E-state index contributed by atoms with van der Waals surface area (Å²) in [5.74, 6) is 0. The first kappa shape index (κ1) is 20.6. The highest BCUT2D eigenvalue weighted by atomic mass is 16.2. The molecule has 2 aromatic rings. The van der Waals surface area contributed by atoms with Crippen molar-refractivity contribution in [1.29, 1.82) is 5.26 Å². The number of rotatable bonds is 7. The Morgan fingerprint density at radius 2 is 1.63 bits per heavy atom. The molecule has 0 amide bonds. The zero-order chi connectivity index (χ0) is 20.9. The molecule has 2 aliphatic heterocycles. The third kappa shape index (κ3) is 4.55. The van der Waals surface area contributed by atoms with Crippen molar-refractivity contribution < 1.29 is 0 Å². The Balaban J connectivity index is 1.30. The minimum Gasteiger partial charge on any atom is -0.377 e. The van der Waals surface area contributed by atoms with Gasteiger partial charge in [-0.1, -0.05) is 30.3 Å². The number of nitrogens with one attached hydrogen (secondary N) is 1. The predicted octanol–water partition coefficient (Wildman–Crippen LogP) is 1.39. The molecule has 7 heteroatoms. The van der Waals surface area contributed by atoms with Crippen LogP contribution in [0.5, 0.6) is 0 Å². The van der Waals surface area contributed by atoms with Crippen LogP contribution in [-0.4, -0.2) is 61.7 Å². The molecule has 0 spiro atoms. The highest BCUT2D eigenvalue weighted by Crippen LogP contribution is 2.25. The molecule has 2 heterocycles. The zero-order valence-electron chi connectivity index (χ0n) is 17.3. The van der Waals surface area contributed by atoms with Crippen molar-refractivity contribution >= 4 is 11.4 Å². The van der Waals surface area contributed by atoms with Crippen molar-refractivity contribution in [3.05, 3.63) is 56.3 Å². The highest BCUT2D eigenvalue weighted by Gasteiger charge is 2.30. The van der Waals surface area contributed by atoms with Gasteiger partial charge in [-0.3, -0.25) is 19.4 Å². The number of hydrogen-bond donors (Lipinski definition) is 1. The molecule has 158 valence electrons. The van der Waals surface area contributed by atoms with Crippen LogP contribution < -0.4 is 21.1 Å². The van der Waals surface area contributed by atoms with E-state index in [1.54, 1.807) is 0 Å². The zero-order valence-corrected chi connectivity index (χ0v) is 17.3. The maximum Gasteiger partial charge on any atom is 0.253 e. The Kier molecular flexibility index (Phi) is 6.46. The lowest BCUT2D eigenvalue weighted by atomic mass is 10.0. The van der Waals surface area contributed by atoms with Crippen molar-refractivity contribution in [3.63, 3.8) is 0 Å². The fourth-order valence-corrected chi connectivity index (χ4v) is 4.50. The van der Waals surface area contributed by atoms with Gasteiger partial charge in [0.05, 0.1) is 6.07 Å². The number of piperazine rings is 1. The van der Waals surface area contributed by atoms with E-state index in [4.69, 9.17) is 5.26 Å². The van der Waals surface area contributed by atoms with Crippen LogP contribution >= 0.6 is 0 Å². The first-order valence-electron chi connectivity index (χ1n) is 10.9. The van der Waals surface area contributed by atoms with Gasteiger partial charge in [0.2, 0.25) is 0 Å². The largest absolute Gasteiger partial charge is 0.377 e. The number of hydrogen-bond acceptors (Lipinski definition) is 7. The number of nitriles is 1. The van der Waals surface area contributed by atoms with Crippen molar-refractivity contribution in [2.24, 2.45) is 0 Å². The van der Waals surface area contributed by atoms with Crippen LogP contribution in [0.4, 0.5) is 11.4 Å². The van der Waals surface area contributed by atoms with Gasteiger partial charge in [-0.25, -0.2) is 0 Å². The first-order valence-corrected chi connectivity index (χ1v) is 10.9. The fourth-order valence-electron chi connectivity index (χ4n) is 4.50. The van der Waals surface area contributed by atoms with E-state index in [1.807, 2.05) is 11.0 Å². The number of likely N-dealkylation sites (tertiary alicyclic amines) is 1. The van der Waals surface area contributed by atoms with E-state index >= 15 is 0 Å². The van der Waals surface area contributed by atoms with Gasteiger partial charge in [-0.2, -0.15) is 5.26 Å². The molecule has 0 bridgehead atoms. The molecule has 1 N–H and O–H groups in total. The third-order valence-electron chi connectivity index (χ3n) is 6.30. The quantitative estimate of drug-likeness (QED) is 0.695. The summed E-state index contributed by atoms with van der Waals surface area (Å²) in [6.45, 7) is 6.76. The molecule has 0 saturated carbocycles. The van der Waals surface area contributed by atoms with E-state index in [9.17, 15) is 9.59 Å². The van der Waals surface area contributed by atoms with Crippen LogP contribution in [0.3, 0.4) is 0 Å². The van der Waals surface area contributed by atoms with E-state index in [1.165, 1.54) is 5.56 Å². The number of piperidine rings is 1. The van der Waals surface area contributed by atoms with Crippen molar-refractivity contribution in [2.45, 2.75) is 31.8 Å². The smallest absolute Gasteiger partial charge is 0.253 e. The highest BCUT2D eigenvalue weighted by molar-refractivity contribution is 5.75. The molecule has 0 aliphatic carbocycles. The van der Waals surface area contributed by atoms with E-state index in [2.05, 4.69) is 45.5 Å². The fraction of sp³-hybridized carbons (Fsp3) is 0.522. The Morgan fingerprint density at radius 3 is 2.30 bits per heavy atom. The third-order valence-corrected chi connectivity index (χ3v) is 6.30. The van der Waals surface area contributed by atoms with Gasteiger partial charge in [-0.05, 0) is 18.4 Å². The van der Waals surface area contributed by atoms with Crippen molar-refractivity contribution in [3.8, 4) is 6.07 Å². The predicted molar refractivity (Wildman–Crippen MR) is 119 cm³/mol. The Hall–Kier alpha value is -2.69. The van der Waals surface area contributed by atoms with Gasteiger partial charge in [0.15, 0.2) is 0 Å². The van der Waals surface area contributed by atoms with Gasteiger partial charge in [0.25, 0.3) is 10.9 Å². The molecule has 2 saturated heterocycles. The average molecular weight is 408 g/mol. The molecular formula is C23H29N5O2. The SMILES string of the molecule is N#CCCN1CCN(c2c(NC3CCN(Cc4ccccc4)CC3)c(=O)c2=O)CC1. The molecule has 30 heavy (non-hydrogen) atoms. The monoisotopic (exact) mass is 407 g/mol. The minimum atomic E-state index is -0.372. The first-order chi connectivity index (χ1) is 14.7. The minimum absolute atomic E-state index is 0.232. The van der Waals surface area contributed by atoms with Gasteiger partial charge in [-0.15, -0.1) is 0 Å². The Morgan fingerprint density at radius 1 is 0.933 bits per heavy atom. The molecule has 0 unspecified atom stereocenters. The molecule has 2 aliphatic rings. The lowest BCUT2D eigenvalue weighted by Crippen LogP contribution is -2.52. The molecule has 2 aromatic carbocycles. The Labute approximate surface area is 177 Å². The summed E-state index contributed by atoms with van der Waals surface area (Å²) in [6, 6.07) is 12.9. The number of nitrogens with zero attached hydrogens (tertiary/aromatic N) is 4. The maximum atomic E-state index is 12.3.